The largest absolute Gasteiger partial charge is 0.299 e. The van der Waals surface area contributed by atoms with E-state index in [0.717, 1.165) is 19.3 Å². The van der Waals surface area contributed by atoms with E-state index in [0.29, 0.717) is 10.4 Å². The Morgan fingerprint density at radius 1 is 1.06 bits per heavy atom. The van der Waals surface area contributed by atoms with Gasteiger partial charge in [-0.25, -0.2) is 0 Å². The summed E-state index contributed by atoms with van der Waals surface area (Å²) in [5.74, 6) is 0.778. The molecule has 1 heterocycles. The SMILES string of the molecule is O=C1CCCCC1C1Sc2ccccc2S1. The number of carbonyl (C=O) groups is 1. The maximum absolute atomic E-state index is 11.9. The minimum absolute atomic E-state index is 0.288. The molecule has 0 saturated heterocycles. The van der Waals surface area contributed by atoms with Gasteiger partial charge in [0.15, 0.2) is 0 Å². The Balaban J connectivity index is 1.77. The van der Waals surface area contributed by atoms with Crippen LogP contribution < -0.4 is 0 Å². The zero-order chi connectivity index (χ0) is 11.0. The van der Waals surface area contributed by atoms with Crippen molar-refractivity contribution in [3.05, 3.63) is 24.3 Å². The molecule has 0 bridgehead atoms. The van der Waals surface area contributed by atoms with Crippen molar-refractivity contribution in [2.45, 2.75) is 40.1 Å². The number of benzene rings is 1. The highest BCUT2D eigenvalue weighted by Crippen LogP contribution is 2.52. The molecule has 16 heavy (non-hydrogen) atoms. The number of fused-ring (bicyclic) bond motifs is 1. The van der Waals surface area contributed by atoms with E-state index in [1.54, 1.807) is 0 Å². The van der Waals surface area contributed by atoms with Gasteiger partial charge in [0, 0.05) is 22.1 Å². The summed E-state index contributed by atoms with van der Waals surface area (Å²) in [5.41, 5.74) is 0. The highest BCUT2D eigenvalue weighted by molar-refractivity contribution is 8.19. The van der Waals surface area contributed by atoms with Gasteiger partial charge in [-0.2, -0.15) is 0 Å². The molecule has 1 aliphatic carbocycles. The van der Waals surface area contributed by atoms with E-state index in [1.807, 2.05) is 23.5 Å². The molecular weight excluding hydrogens is 236 g/mol. The van der Waals surface area contributed by atoms with Gasteiger partial charge in [-0.15, -0.1) is 23.5 Å². The Morgan fingerprint density at radius 2 is 1.75 bits per heavy atom. The fourth-order valence-electron chi connectivity index (χ4n) is 2.38. The molecule has 1 aromatic carbocycles. The summed E-state index contributed by atoms with van der Waals surface area (Å²) in [4.78, 5) is 14.6. The Kier molecular flexibility index (Phi) is 2.99. The lowest BCUT2D eigenvalue weighted by atomic mass is 9.89. The van der Waals surface area contributed by atoms with Crippen molar-refractivity contribution < 1.29 is 4.79 Å². The monoisotopic (exact) mass is 250 g/mol. The predicted octanol–water partition coefficient (Wildman–Crippen LogP) is 3.97. The molecule has 0 aromatic heterocycles. The first-order valence-electron chi connectivity index (χ1n) is 5.79. The van der Waals surface area contributed by atoms with Crippen LogP contribution in [-0.4, -0.2) is 10.4 Å². The molecule has 1 atom stereocenters. The maximum atomic E-state index is 11.9. The molecular formula is C13H14OS2. The van der Waals surface area contributed by atoms with Gasteiger partial charge in [0.05, 0.1) is 4.58 Å². The first kappa shape index (κ1) is 10.7. The third-order valence-electron chi connectivity index (χ3n) is 3.27. The molecule has 1 saturated carbocycles. The van der Waals surface area contributed by atoms with Crippen molar-refractivity contribution >= 4 is 29.3 Å². The molecule has 3 rings (SSSR count). The minimum atomic E-state index is 0.288. The smallest absolute Gasteiger partial charge is 0.137 e. The molecule has 0 radical (unpaired) electrons. The van der Waals surface area contributed by atoms with Gasteiger partial charge >= 0.3 is 0 Å². The summed E-state index contributed by atoms with van der Waals surface area (Å²) in [6.45, 7) is 0. The van der Waals surface area contributed by atoms with E-state index >= 15 is 0 Å². The third-order valence-corrected chi connectivity index (χ3v) is 6.31. The van der Waals surface area contributed by atoms with Crippen LogP contribution in [0.3, 0.4) is 0 Å². The number of rotatable bonds is 1. The third kappa shape index (κ3) is 1.91. The topological polar surface area (TPSA) is 17.1 Å². The summed E-state index contributed by atoms with van der Waals surface area (Å²) in [6.07, 6.45) is 4.23. The van der Waals surface area contributed by atoms with Gasteiger partial charge in [0.25, 0.3) is 0 Å². The summed E-state index contributed by atoms with van der Waals surface area (Å²) in [5, 5.41) is 0. The van der Waals surface area contributed by atoms with Crippen molar-refractivity contribution in [2.75, 3.05) is 0 Å². The predicted molar refractivity (Wildman–Crippen MR) is 68.9 cm³/mol. The van der Waals surface area contributed by atoms with E-state index in [-0.39, 0.29) is 5.92 Å². The second-order valence-corrected chi connectivity index (χ2v) is 7.03. The maximum Gasteiger partial charge on any atom is 0.137 e. The van der Waals surface area contributed by atoms with Gasteiger partial charge in [-0.1, -0.05) is 18.6 Å². The molecule has 0 amide bonds. The van der Waals surface area contributed by atoms with Gasteiger partial charge in [-0.05, 0) is 25.0 Å². The molecule has 1 fully saturated rings. The summed E-state index contributed by atoms with van der Waals surface area (Å²) in [6, 6.07) is 8.50. The average Bonchev–Trinajstić information content (AvgIpc) is 2.73. The second kappa shape index (κ2) is 4.46. The molecule has 84 valence electrons. The number of ketones is 1. The Labute approximate surface area is 104 Å². The van der Waals surface area contributed by atoms with Crippen molar-refractivity contribution in [3.63, 3.8) is 0 Å². The highest BCUT2D eigenvalue weighted by atomic mass is 32.2. The van der Waals surface area contributed by atoms with Crippen molar-refractivity contribution in [1.82, 2.24) is 0 Å². The fraction of sp³-hybridized carbons (Fsp3) is 0.462. The zero-order valence-electron chi connectivity index (χ0n) is 9.02. The number of thioether (sulfide) groups is 2. The van der Waals surface area contributed by atoms with E-state index < -0.39 is 0 Å². The van der Waals surface area contributed by atoms with E-state index in [4.69, 9.17) is 0 Å². The highest BCUT2D eigenvalue weighted by Gasteiger charge is 2.35. The van der Waals surface area contributed by atoms with Gasteiger partial charge in [0.1, 0.15) is 5.78 Å². The van der Waals surface area contributed by atoms with Crippen LogP contribution >= 0.6 is 23.5 Å². The van der Waals surface area contributed by atoms with E-state index in [1.165, 1.54) is 16.2 Å². The molecule has 1 nitrogen and oxygen atoms in total. The van der Waals surface area contributed by atoms with E-state index in [2.05, 4.69) is 24.3 Å². The molecule has 1 aromatic rings. The van der Waals surface area contributed by atoms with Crippen LogP contribution in [0.5, 0.6) is 0 Å². The van der Waals surface area contributed by atoms with Crippen LogP contribution in [-0.2, 0) is 4.79 Å². The van der Waals surface area contributed by atoms with Crippen LogP contribution in [0.1, 0.15) is 25.7 Å². The van der Waals surface area contributed by atoms with Gasteiger partial charge < -0.3 is 0 Å². The van der Waals surface area contributed by atoms with Crippen molar-refractivity contribution in [1.29, 1.82) is 0 Å². The van der Waals surface area contributed by atoms with Crippen LogP contribution in [0, 0.1) is 5.92 Å². The number of Topliss-reactive ketones (excluding diaryl/α,β-unsaturated/α-hetero) is 1. The lowest BCUT2D eigenvalue weighted by Crippen LogP contribution is -2.25. The normalized spacial score (nSPS) is 25.8. The Morgan fingerprint density at radius 3 is 2.38 bits per heavy atom. The van der Waals surface area contributed by atoms with Gasteiger partial charge in [-0.3, -0.25) is 4.79 Å². The number of carbonyl (C=O) groups excluding carboxylic acids is 1. The average molecular weight is 250 g/mol. The van der Waals surface area contributed by atoms with Crippen molar-refractivity contribution in [3.8, 4) is 0 Å². The first-order valence-corrected chi connectivity index (χ1v) is 7.55. The minimum Gasteiger partial charge on any atom is -0.299 e. The molecule has 1 aliphatic heterocycles. The summed E-state index contributed by atoms with van der Waals surface area (Å²) >= 11 is 3.78. The van der Waals surface area contributed by atoms with Crippen LogP contribution in [0.4, 0.5) is 0 Å². The standard InChI is InChI=1S/C13H14OS2/c14-10-6-2-1-5-9(10)13-15-11-7-3-4-8-12(11)16-13/h3-4,7-9,13H,1-2,5-6H2. The quantitative estimate of drug-likeness (QED) is 0.750. The second-order valence-electron chi connectivity index (χ2n) is 4.37. The lowest BCUT2D eigenvalue weighted by molar-refractivity contribution is -0.123. The summed E-state index contributed by atoms with van der Waals surface area (Å²) < 4.78 is 0.435. The molecule has 2 aliphatic rings. The zero-order valence-corrected chi connectivity index (χ0v) is 10.7. The molecule has 1 unspecified atom stereocenters. The number of hydrogen-bond acceptors (Lipinski definition) is 3. The Hall–Kier alpha value is -0.410. The molecule has 0 spiro atoms. The number of hydrogen-bond donors (Lipinski definition) is 0. The van der Waals surface area contributed by atoms with Crippen LogP contribution in [0.2, 0.25) is 0 Å². The first-order chi connectivity index (χ1) is 7.84. The van der Waals surface area contributed by atoms with E-state index in [9.17, 15) is 4.79 Å². The van der Waals surface area contributed by atoms with Gasteiger partial charge in [0.2, 0.25) is 0 Å². The Bertz CT molecular complexity index is 391. The molecule has 0 N–H and O–H groups in total. The molecule has 3 heteroatoms. The summed E-state index contributed by atoms with van der Waals surface area (Å²) in [7, 11) is 0. The van der Waals surface area contributed by atoms with Crippen molar-refractivity contribution in [2.24, 2.45) is 5.92 Å². The van der Waals surface area contributed by atoms with Crippen LogP contribution in [0.25, 0.3) is 0 Å². The van der Waals surface area contributed by atoms with Crippen LogP contribution in [0.15, 0.2) is 34.1 Å². The lowest BCUT2D eigenvalue weighted by Gasteiger charge is -2.24. The fourth-order valence-corrected chi connectivity index (χ4v) is 5.57.